The fourth-order valence-electron chi connectivity index (χ4n) is 4.55. The third-order valence-corrected chi connectivity index (χ3v) is 6.68. The summed E-state index contributed by atoms with van der Waals surface area (Å²) in [6.45, 7) is 7.59. The van der Waals surface area contributed by atoms with Crippen molar-refractivity contribution < 1.29 is 34.0 Å². The number of hydrogen-bond donors (Lipinski definition) is 1. The highest BCUT2D eigenvalue weighted by atomic mass is 16.6. The number of ketones is 2. The van der Waals surface area contributed by atoms with Gasteiger partial charge in [-0.05, 0) is 24.0 Å². The lowest BCUT2D eigenvalue weighted by molar-refractivity contribution is -0.386. The number of carbonyl (C=O) groups excluding carboxylic acids is 2. The Balaban J connectivity index is 0.000000216. The van der Waals surface area contributed by atoms with Crippen molar-refractivity contribution in [1.29, 1.82) is 0 Å². The summed E-state index contributed by atoms with van der Waals surface area (Å²) in [5.74, 6) is -0.141. The van der Waals surface area contributed by atoms with Gasteiger partial charge < -0.3 is 14.6 Å². The first kappa shape index (κ1) is 29.9. The van der Waals surface area contributed by atoms with Crippen molar-refractivity contribution in [3.8, 4) is 0 Å². The predicted octanol–water partition coefficient (Wildman–Crippen LogP) is 3.84. The first-order chi connectivity index (χ1) is 18.4. The molecule has 0 amide bonds. The molecule has 0 spiro atoms. The summed E-state index contributed by atoms with van der Waals surface area (Å²) in [6.07, 6.45) is 2.46. The van der Waals surface area contributed by atoms with Crippen LogP contribution in [0.15, 0.2) is 36.9 Å². The maximum absolute atomic E-state index is 11.9. The molecule has 0 aliphatic carbocycles. The van der Waals surface area contributed by atoms with Gasteiger partial charge in [0.1, 0.15) is 24.3 Å². The third-order valence-electron chi connectivity index (χ3n) is 6.68. The highest BCUT2D eigenvalue weighted by molar-refractivity contribution is 5.85. The van der Waals surface area contributed by atoms with Crippen molar-refractivity contribution in [2.45, 2.75) is 77.5 Å². The van der Waals surface area contributed by atoms with Crippen LogP contribution in [0.2, 0.25) is 0 Å². The fraction of sp³-hybridized carbons (Fsp3) is 0.538. The van der Waals surface area contributed by atoms with E-state index < -0.39 is 34.3 Å². The fourth-order valence-corrected chi connectivity index (χ4v) is 4.55. The van der Waals surface area contributed by atoms with Crippen molar-refractivity contribution in [3.63, 3.8) is 0 Å². The monoisotopic (exact) mass is 544 g/mol. The van der Waals surface area contributed by atoms with Gasteiger partial charge >= 0.3 is 0 Å². The standard InChI is InChI=1S/C13H16N2O5.C13H16N2O4/c1-7(2)13-12(17)10(16)5-11(20-13)8-3-4-14-6-9(8)15(18)19;1-8(2)12-5-9(16)6-13(19-12)10-3-4-14-7-11(10)15(17)18/h3-4,6-7,11-13,17H,5H2,1-2H3;3-4,7-8,12-13H,5-6H2,1-2H3/t11-,12+,13-;12-,13+/m10/s1. The number of hydrogen-bond acceptors (Lipinski definition) is 11. The van der Waals surface area contributed by atoms with E-state index in [0.29, 0.717) is 17.5 Å². The Hall–Kier alpha value is -3.68. The quantitative estimate of drug-likeness (QED) is 0.411. The molecule has 0 unspecified atom stereocenters. The molecular formula is C26H32N4O9. The second kappa shape index (κ2) is 12.9. The molecule has 2 aliphatic rings. The van der Waals surface area contributed by atoms with E-state index in [0.717, 1.165) is 6.20 Å². The van der Waals surface area contributed by atoms with E-state index in [1.165, 1.54) is 24.7 Å². The Morgan fingerprint density at radius 2 is 1.36 bits per heavy atom. The van der Waals surface area contributed by atoms with Crippen molar-refractivity contribution in [3.05, 3.63) is 68.3 Å². The minimum Gasteiger partial charge on any atom is -0.383 e. The van der Waals surface area contributed by atoms with Crippen LogP contribution >= 0.6 is 0 Å². The molecule has 2 fully saturated rings. The largest absolute Gasteiger partial charge is 0.383 e. The van der Waals surface area contributed by atoms with Crippen LogP contribution in [-0.4, -0.2) is 54.8 Å². The van der Waals surface area contributed by atoms with Gasteiger partial charge in [-0.3, -0.25) is 39.8 Å². The zero-order valence-electron chi connectivity index (χ0n) is 22.1. The number of aliphatic hydroxyl groups is 1. The van der Waals surface area contributed by atoms with Gasteiger partial charge in [-0.2, -0.15) is 0 Å². The van der Waals surface area contributed by atoms with E-state index in [-0.39, 0.29) is 53.7 Å². The summed E-state index contributed by atoms with van der Waals surface area (Å²) in [7, 11) is 0. The molecule has 0 saturated carbocycles. The minimum atomic E-state index is -1.17. The maximum Gasteiger partial charge on any atom is 0.293 e. The van der Waals surface area contributed by atoms with Gasteiger partial charge in [-0.25, -0.2) is 0 Å². The topological polar surface area (TPSA) is 185 Å². The molecule has 2 aromatic rings. The molecule has 4 heterocycles. The average Bonchev–Trinajstić information content (AvgIpc) is 2.89. The number of nitrogens with zero attached hydrogens (tertiary/aromatic N) is 4. The molecule has 0 radical (unpaired) electrons. The predicted molar refractivity (Wildman–Crippen MR) is 137 cm³/mol. The molecule has 13 heteroatoms. The molecule has 2 aromatic heterocycles. The van der Waals surface area contributed by atoms with E-state index in [9.17, 15) is 34.9 Å². The molecule has 210 valence electrons. The number of carbonyl (C=O) groups is 2. The van der Waals surface area contributed by atoms with E-state index in [1.54, 1.807) is 6.07 Å². The van der Waals surface area contributed by atoms with Crippen molar-refractivity contribution in [2.24, 2.45) is 11.8 Å². The number of aliphatic hydroxyl groups excluding tert-OH is 1. The molecule has 0 aromatic carbocycles. The SMILES string of the molecule is CC(C)[C@@H]1CC(=O)C[C@H](c2ccncc2[N+](=O)[O-])O1.CC(C)[C@H]1O[C@@H](c2ccncc2[N+](=O)[O-])CC(=O)[C@@H]1O. The first-order valence-corrected chi connectivity index (χ1v) is 12.6. The summed E-state index contributed by atoms with van der Waals surface area (Å²) in [5.41, 5.74) is 0.475. The van der Waals surface area contributed by atoms with Crippen LogP contribution in [0, 0.1) is 32.1 Å². The summed E-state index contributed by atoms with van der Waals surface area (Å²) in [4.78, 5) is 52.1. The number of rotatable bonds is 6. The number of nitro groups is 2. The van der Waals surface area contributed by atoms with Crippen molar-refractivity contribution >= 4 is 22.9 Å². The summed E-state index contributed by atoms with van der Waals surface area (Å²) < 4.78 is 11.5. The lowest BCUT2D eigenvalue weighted by Crippen LogP contribution is -2.45. The van der Waals surface area contributed by atoms with Gasteiger partial charge in [0.25, 0.3) is 11.4 Å². The third kappa shape index (κ3) is 7.25. The lowest BCUT2D eigenvalue weighted by atomic mass is 9.90. The van der Waals surface area contributed by atoms with E-state index in [2.05, 4.69) is 9.97 Å². The zero-order chi connectivity index (χ0) is 28.9. The Morgan fingerprint density at radius 1 is 0.846 bits per heavy atom. The van der Waals surface area contributed by atoms with Crippen LogP contribution in [-0.2, 0) is 19.1 Å². The lowest BCUT2D eigenvalue weighted by Gasteiger charge is -2.35. The number of Topliss-reactive ketones (excluding diaryl/α,β-unsaturated/α-hetero) is 2. The molecule has 0 bridgehead atoms. The average molecular weight is 545 g/mol. The molecule has 13 nitrogen and oxygen atoms in total. The van der Waals surface area contributed by atoms with Crippen LogP contribution in [0.4, 0.5) is 11.4 Å². The molecule has 2 aliphatic heterocycles. The van der Waals surface area contributed by atoms with E-state index in [1.807, 2.05) is 27.7 Å². The van der Waals surface area contributed by atoms with Crippen LogP contribution in [0.5, 0.6) is 0 Å². The number of ether oxygens (including phenoxy) is 2. The van der Waals surface area contributed by atoms with Gasteiger partial charge in [-0.15, -0.1) is 0 Å². The normalized spacial score (nSPS) is 25.3. The van der Waals surface area contributed by atoms with Crippen LogP contribution in [0.25, 0.3) is 0 Å². The first-order valence-electron chi connectivity index (χ1n) is 12.6. The molecule has 5 atom stereocenters. The molecular weight excluding hydrogens is 512 g/mol. The van der Waals surface area contributed by atoms with Crippen molar-refractivity contribution in [1.82, 2.24) is 9.97 Å². The van der Waals surface area contributed by atoms with Gasteiger partial charge in [0.05, 0.1) is 45.4 Å². The van der Waals surface area contributed by atoms with Crippen LogP contribution in [0.3, 0.4) is 0 Å². The minimum absolute atomic E-state index is 0.0716. The van der Waals surface area contributed by atoms with Gasteiger partial charge in [0.2, 0.25) is 0 Å². The Labute approximate surface area is 224 Å². The summed E-state index contributed by atoms with van der Waals surface area (Å²) in [6, 6.07) is 3.03. The highest BCUT2D eigenvalue weighted by Gasteiger charge is 2.40. The summed E-state index contributed by atoms with van der Waals surface area (Å²) >= 11 is 0. The molecule has 39 heavy (non-hydrogen) atoms. The maximum atomic E-state index is 11.9. The Bertz CT molecular complexity index is 1220. The van der Waals surface area contributed by atoms with Crippen LogP contribution in [0.1, 0.15) is 70.3 Å². The van der Waals surface area contributed by atoms with E-state index >= 15 is 0 Å². The second-order valence-corrected chi connectivity index (χ2v) is 10.2. The van der Waals surface area contributed by atoms with E-state index in [4.69, 9.17) is 9.47 Å². The van der Waals surface area contributed by atoms with Gasteiger partial charge in [-0.1, -0.05) is 27.7 Å². The Morgan fingerprint density at radius 3 is 1.82 bits per heavy atom. The molecule has 4 rings (SSSR count). The van der Waals surface area contributed by atoms with Crippen LogP contribution < -0.4 is 0 Å². The number of aromatic nitrogens is 2. The number of pyridine rings is 2. The summed E-state index contributed by atoms with van der Waals surface area (Å²) in [5, 5.41) is 31.8. The second-order valence-electron chi connectivity index (χ2n) is 10.2. The smallest absolute Gasteiger partial charge is 0.293 e. The molecule has 2 saturated heterocycles. The van der Waals surface area contributed by atoms with Gasteiger partial charge in [0.15, 0.2) is 5.78 Å². The van der Waals surface area contributed by atoms with Crippen molar-refractivity contribution in [2.75, 3.05) is 0 Å². The molecule has 1 N–H and O–H groups in total. The Kier molecular flexibility index (Phi) is 9.89. The van der Waals surface area contributed by atoms with Gasteiger partial charge in [0, 0.05) is 31.7 Å². The zero-order valence-corrected chi connectivity index (χ0v) is 22.1. The highest BCUT2D eigenvalue weighted by Crippen LogP contribution is 2.37.